The Morgan fingerprint density at radius 1 is 0.966 bits per heavy atom. The second-order valence-corrected chi connectivity index (χ2v) is 6.72. The van der Waals surface area contributed by atoms with E-state index < -0.39 is 5.97 Å². The average molecular weight is 391 g/mol. The van der Waals surface area contributed by atoms with Crippen LogP contribution < -0.4 is 9.64 Å². The topological polar surface area (TPSA) is 55.8 Å². The molecule has 1 aliphatic heterocycles. The summed E-state index contributed by atoms with van der Waals surface area (Å²) in [6, 6.07) is 15.0. The van der Waals surface area contributed by atoms with Gasteiger partial charge >= 0.3 is 5.97 Å². The van der Waals surface area contributed by atoms with Crippen molar-refractivity contribution in [2.45, 2.75) is 27.7 Å². The maximum absolute atomic E-state index is 13.3. The minimum absolute atomic E-state index is 0.241. The normalized spacial score (nSPS) is 15.2. The summed E-state index contributed by atoms with van der Waals surface area (Å²) in [5, 5.41) is 0. The first kappa shape index (κ1) is 20.4. The molecule has 0 bridgehead atoms. The molecule has 0 fully saturated rings. The van der Waals surface area contributed by atoms with Gasteiger partial charge in [0.1, 0.15) is 5.75 Å². The van der Waals surface area contributed by atoms with Crippen LogP contribution in [-0.4, -0.2) is 25.1 Å². The zero-order chi connectivity index (χ0) is 21.0. The summed E-state index contributed by atoms with van der Waals surface area (Å²) < 4.78 is 10.7. The van der Waals surface area contributed by atoms with Crippen LogP contribution in [0.4, 0.5) is 5.69 Å². The molecule has 0 aliphatic carbocycles. The summed E-state index contributed by atoms with van der Waals surface area (Å²) in [5.41, 5.74) is 3.83. The minimum Gasteiger partial charge on any atom is -0.494 e. The van der Waals surface area contributed by atoms with Gasteiger partial charge in [-0.1, -0.05) is 29.8 Å². The number of ether oxygens (including phenoxy) is 2. The maximum Gasteiger partial charge on any atom is 0.340 e. The first-order valence-corrected chi connectivity index (χ1v) is 9.70. The van der Waals surface area contributed by atoms with Gasteiger partial charge in [-0.15, -0.1) is 0 Å². The lowest BCUT2D eigenvalue weighted by atomic mass is 10.0. The number of anilines is 1. The molecule has 5 nitrogen and oxygen atoms in total. The van der Waals surface area contributed by atoms with Gasteiger partial charge in [0.25, 0.3) is 5.91 Å². The Kier molecular flexibility index (Phi) is 6.17. The van der Waals surface area contributed by atoms with Crippen LogP contribution in [0.25, 0.3) is 6.08 Å². The summed E-state index contributed by atoms with van der Waals surface area (Å²) in [4.78, 5) is 27.5. The van der Waals surface area contributed by atoms with Gasteiger partial charge in [-0.3, -0.25) is 9.69 Å². The van der Waals surface area contributed by atoms with Crippen LogP contribution in [0.3, 0.4) is 0 Å². The second-order valence-electron chi connectivity index (χ2n) is 6.72. The largest absolute Gasteiger partial charge is 0.494 e. The number of aryl methyl sites for hydroxylation is 1. The molecule has 0 N–H and O–H groups in total. The molecule has 1 aliphatic rings. The third-order valence-corrected chi connectivity index (χ3v) is 4.67. The zero-order valence-electron chi connectivity index (χ0n) is 17.2. The van der Waals surface area contributed by atoms with Crippen molar-refractivity contribution in [2.75, 3.05) is 18.1 Å². The van der Waals surface area contributed by atoms with E-state index in [0.29, 0.717) is 29.1 Å². The molecule has 3 rings (SSSR count). The van der Waals surface area contributed by atoms with Crippen LogP contribution in [0, 0.1) is 6.92 Å². The third kappa shape index (κ3) is 4.24. The molecule has 1 heterocycles. The highest BCUT2D eigenvalue weighted by Crippen LogP contribution is 2.36. The van der Waals surface area contributed by atoms with E-state index in [-0.39, 0.29) is 12.5 Å². The lowest BCUT2D eigenvalue weighted by Gasteiger charge is -2.18. The Balaban J connectivity index is 2.05. The van der Waals surface area contributed by atoms with Crippen LogP contribution in [-0.2, 0) is 14.3 Å². The Bertz CT molecular complexity index is 969. The first-order chi connectivity index (χ1) is 14.0. The minimum atomic E-state index is -0.495. The molecule has 2 aromatic rings. The molecule has 0 unspecified atom stereocenters. The zero-order valence-corrected chi connectivity index (χ0v) is 17.2. The first-order valence-electron chi connectivity index (χ1n) is 9.70. The lowest BCUT2D eigenvalue weighted by molar-refractivity contribution is -0.138. The maximum atomic E-state index is 13.3. The van der Waals surface area contributed by atoms with Crippen molar-refractivity contribution in [3.05, 3.63) is 76.5 Å². The average Bonchev–Trinajstić information content (AvgIpc) is 2.95. The van der Waals surface area contributed by atoms with Crippen molar-refractivity contribution < 1.29 is 19.1 Å². The number of esters is 1. The Labute approximate surface area is 171 Å². The van der Waals surface area contributed by atoms with E-state index in [1.54, 1.807) is 24.8 Å². The number of allylic oxidation sites excluding steroid dienone is 1. The number of benzene rings is 2. The molecule has 0 spiro atoms. The molecule has 0 atom stereocenters. The highest BCUT2D eigenvalue weighted by Gasteiger charge is 2.38. The predicted octanol–water partition coefficient (Wildman–Crippen LogP) is 4.66. The van der Waals surface area contributed by atoms with Crippen molar-refractivity contribution in [2.24, 2.45) is 0 Å². The third-order valence-electron chi connectivity index (χ3n) is 4.67. The molecule has 150 valence electrons. The summed E-state index contributed by atoms with van der Waals surface area (Å²) >= 11 is 0. The molecular weight excluding hydrogens is 366 g/mol. The number of rotatable bonds is 6. The van der Waals surface area contributed by atoms with E-state index in [1.807, 2.05) is 62.4 Å². The molecule has 29 heavy (non-hydrogen) atoms. The standard InChI is InChI=1S/C24H25NO4/c1-5-28-20-13-11-19(12-14-20)25-17(4)22(24(27)29-6-2)21(23(25)26)15-18-9-7-16(3)8-10-18/h7-15H,5-6H2,1-4H3/b21-15-. The Morgan fingerprint density at radius 2 is 1.62 bits per heavy atom. The predicted molar refractivity (Wildman–Crippen MR) is 114 cm³/mol. The molecule has 1 amide bonds. The number of amides is 1. The van der Waals surface area contributed by atoms with Gasteiger partial charge < -0.3 is 9.47 Å². The Hall–Kier alpha value is -3.34. The molecule has 0 aromatic heterocycles. The van der Waals surface area contributed by atoms with Gasteiger partial charge in [0.05, 0.1) is 24.4 Å². The van der Waals surface area contributed by atoms with Crippen molar-refractivity contribution in [1.82, 2.24) is 0 Å². The number of nitrogens with zero attached hydrogens (tertiary/aromatic N) is 1. The van der Waals surface area contributed by atoms with E-state index in [1.165, 1.54) is 0 Å². The van der Waals surface area contributed by atoms with Gasteiger partial charge in [-0.25, -0.2) is 4.79 Å². The fraction of sp³-hybridized carbons (Fsp3) is 0.250. The highest BCUT2D eigenvalue weighted by atomic mass is 16.5. The summed E-state index contributed by atoms with van der Waals surface area (Å²) in [6.07, 6.45) is 1.74. The van der Waals surface area contributed by atoms with Crippen molar-refractivity contribution in [3.8, 4) is 5.75 Å². The second kappa shape index (κ2) is 8.78. The SMILES string of the molecule is CCOC(=O)C1=C(C)N(c2ccc(OCC)cc2)C(=O)/C1=C\c1ccc(C)cc1. The molecule has 0 radical (unpaired) electrons. The van der Waals surface area contributed by atoms with E-state index in [4.69, 9.17) is 9.47 Å². The van der Waals surface area contributed by atoms with E-state index in [0.717, 1.165) is 16.9 Å². The molecule has 0 saturated heterocycles. The van der Waals surface area contributed by atoms with Gasteiger partial charge in [-0.05, 0) is 63.6 Å². The smallest absolute Gasteiger partial charge is 0.340 e. The summed E-state index contributed by atoms with van der Waals surface area (Å²) in [5.74, 6) is -0.0222. The van der Waals surface area contributed by atoms with Crippen molar-refractivity contribution >= 4 is 23.6 Å². The van der Waals surface area contributed by atoms with Crippen molar-refractivity contribution in [1.29, 1.82) is 0 Å². The molecule has 5 heteroatoms. The van der Waals surface area contributed by atoms with E-state index in [2.05, 4.69) is 0 Å². The van der Waals surface area contributed by atoms with Gasteiger partial charge in [0, 0.05) is 11.4 Å². The molecule has 2 aromatic carbocycles. The lowest BCUT2D eigenvalue weighted by Crippen LogP contribution is -2.24. The van der Waals surface area contributed by atoms with Crippen LogP contribution in [0.5, 0.6) is 5.75 Å². The van der Waals surface area contributed by atoms with Crippen LogP contribution in [0.15, 0.2) is 65.4 Å². The summed E-state index contributed by atoms with van der Waals surface area (Å²) in [7, 11) is 0. The van der Waals surface area contributed by atoms with Crippen LogP contribution in [0.1, 0.15) is 31.9 Å². The summed E-state index contributed by atoms with van der Waals surface area (Å²) in [6.45, 7) is 8.23. The fourth-order valence-electron chi connectivity index (χ4n) is 3.28. The monoisotopic (exact) mass is 391 g/mol. The number of hydrogen-bond acceptors (Lipinski definition) is 4. The van der Waals surface area contributed by atoms with Crippen LogP contribution >= 0.6 is 0 Å². The fourth-order valence-corrected chi connectivity index (χ4v) is 3.28. The van der Waals surface area contributed by atoms with Gasteiger partial charge in [0.15, 0.2) is 0 Å². The van der Waals surface area contributed by atoms with Crippen LogP contribution in [0.2, 0.25) is 0 Å². The Morgan fingerprint density at radius 3 is 2.21 bits per heavy atom. The van der Waals surface area contributed by atoms with Crippen molar-refractivity contribution in [3.63, 3.8) is 0 Å². The van der Waals surface area contributed by atoms with Gasteiger partial charge in [0.2, 0.25) is 0 Å². The number of carbonyl (C=O) groups excluding carboxylic acids is 2. The molecular formula is C24H25NO4. The van der Waals surface area contributed by atoms with Gasteiger partial charge in [-0.2, -0.15) is 0 Å². The number of hydrogen-bond donors (Lipinski definition) is 0. The molecule has 0 saturated carbocycles. The number of carbonyl (C=O) groups is 2. The van der Waals surface area contributed by atoms with E-state index in [9.17, 15) is 9.59 Å². The van der Waals surface area contributed by atoms with E-state index >= 15 is 0 Å². The highest BCUT2D eigenvalue weighted by molar-refractivity contribution is 6.23. The quantitative estimate of drug-likeness (QED) is 0.531.